The Kier molecular flexibility index (Phi) is 9.46. The van der Waals surface area contributed by atoms with Crippen LogP contribution < -0.4 is 9.62 Å². The van der Waals surface area contributed by atoms with Crippen LogP contribution in [0.2, 0.25) is 0 Å². The lowest BCUT2D eigenvalue weighted by molar-refractivity contribution is -0.139. The third-order valence-corrected chi connectivity index (χ3v) is 6.87. The number of benzene rings is 2. The molecule has 1 unspecified atom stereocenters. The van der Waals surface area contributed by atoms with Gasteiger partial charge in [0.15, 0.2) is 0 Å². The lowest BCUT2D eigenvalue weighted by Crippen LogP contribution is -2.53. The SMILES string of the molecule is CCNC(=O)C(CC)N(CCc1ccccc1)C(=O)CN(c1cccc(C)c1C)S(C)(=O)=O. The number of amides is 2. The van der Waals surface area contributed by atoms with Crippen LogP contribution in [0.4, 0.5) is 5.69 Å². The van der Waals surface area contributed by atoms with Crippen LogP contribution in [0, 0.1) is 13.8 Å². The third-order valence-electron chi connectivity index (χ3n) is 5.75. The molecule has 0 aromatic heterocycles. The Labute approximate surface area is 197 Å². The van der Waals surface area contributed by atoms with E-state index in [4.69, 9.17) is 0 Å². The van der Waals surface area contributed by atoms with Gasteiger partial charge < -0.3 is 10.2 Å². The Morgan fingerprint density at radius 3 is 2.24 bits per heavy atom. The molecule has 0 fully saturated rings. The first-order valence-corrected chi connectivity index (χ1v) is 13.1. The molecule has 33 heavy (non-hydrogen) atoms. The Hall–Kier alpha value is -2.87. The second-order valence-corrected chi connectivity index (χ2v) is 10.0. The van der Waals surface area contributed by atoms with Gasteiger partial charge in [-0.2, -0.15) is 0 Å². The van der Waals surface area contributed by atoms with Crippen molar-refractivity contribution in [1.82, 2.24) is 10.2 Å². The van der Waals surface area contributed by atoms with Gasteiger partial charge in [0.2, 0.25) is 21.8 Å². The predicted molar refractivity (Wildman–Crippen MR) is 133 cm³/mol. The normalized spacial score (nSPS) is 12.2. The predicted octanol–water partition coefficient (Wildman–Crippen LogP) is 3.06. The van der Waals surface area contributed by atoms with Crippen molar-refractivity contribution in [2.75, 3.05) is 30.2 Å². The number of anilines is 1. The van der Waals surface area contributed by atoms with Gasteiger partial charge in [-0.15, -0.1) is 0 Å². The molecule has 8 heteroatoms. The summed E-state index contributed by atoms with van der Waals surface area (Å²) in [7, 11) is -3.73. The standard InChI is InChI=1S/C25H35N3O4S/c1-6-22(25(30)26-7-2)27(17-16-21-13-9-8-10-14-21)24(29)18-28(33(5,31)32)23-15-11-12-19(3)20(23)4/h8-15,22H,6-7,16-18H2,1-5H3,(H,26,30). The molecule has 7 nitrogen and oxygen atoms in total. The van der Waals surface area contributed by atoms with E-state index in [0.29, 0.717) is 31.6 Å². The largest absolute Gasteiger partial charge is 0.355 e. The van der Waals surface area contributed by atoms with Gasteiger partial charge in [-0.1, -0.05) is 49.4 Å². The summed E-state index contributed by atoms with van der Waals surface area (Å²) in [6, 6.07) is 14.4. The van der Waals surface area contributed by atoms with Crippen LogP contribution in [0.1, 0.15) is 37.0 Å². The van der Waals surface area contributed by atoms with E-state index in [9.17, 15) is 18.0 Å². The molecule has 0 saturated carbocycles. The first kappa shape index (κ1) is 26.4. The van der Waals surface area contributed by atoms with E-state index < -0.39 is 22.0 Å². The number of hydrogen-bond acceptors (Lipinski definition) is 4. The van der Waals surface area contributed by atoms with Gasteiger partial charge in [0.05, 0.1) is 11.9 Å². The molecule has 180 valence electrons. The summed E-state index contributed by atoms with van der Waals surface area (Å²) in [5.74, 6) is -0.644. The molecule has 0 saturated heterocycles. The number of carbonyl (C=O) groups excluding carboxylic acids is 2. The van der Waals surface area contributed by atoms with Crippen LogP contribution >= 0.6 is 0 Å². The highest BCUT2D eigenvalue weighted by atomic mass is 32.2. The van der Waals surface area contributed by atoms with Crippen LogP contribution in [0.15, 0.2) is 48.5 Å². The minimum absolute atomic E-state index is 0.237. The second kappa shape index (κ2) is 11.8. The molecule has 2 aromatic carbocycles. The lowest BCUT2D eigenvalue weighted by Gasteiger charge is -2.33. The zero-order chi connectivity index (χ0) is 24.6. The Bertz CT molecular complexity index is 1050. The van der Waals surface area contributed by atoms with Crippen molar-refractivity contribution in [3.63, 3.8) is 0 Å². The quantitative estimate of drug-likeness (QED) is 0.543. The first-order valence-electron chi connectivity index (χ1n) is 11.2. The average Bonchev–Trinajstić information content (AvgIpc) is 2.77. The van der Waals surface area contributed by atoms with E-state index >= 15 is 0 Å². The number of carbonyl (C=O) groups is 2. The van der Waals surface area contributed by atoms with Crippen molar-refractivity contribution in [2.24, 2.45) is 0 Å². The van der Waals surface area contributed by atoms with Crippen LogP contribution in [-0.2, 0) is 26.0 Å². The van der Waals surface area contributed by atoms with Gasteiger partial charge >= 0.3 is 0 Å². The molecule has 0 spiro atoms. The molecule has 2 aromatic rings. The van der Waals surface area contributed by atoms with Crippen LogP contribution in [-0.4, -0.2) is 57.1 Å². The minimum Gasteiger partial charge on any atom is -0.355 e. The highest BCUT2D eigenvalue weighted by Crippen LogP contribution is 2.25. The lowest BCUT2D eigenvalue weighted by atomic mass is 10.1. The third kappa shape index (κ3) is 7.05. The number of rotatable bonds is 11. The smallest absolute Gasteiger partial charge is 0.244 e. The molecule has 0 aliphatic heterocycles. The molecular weight excluding hydrogens is 438 g/mol. The zero-order valence-corrected chi connectivity index (χ0v) is 21.0. The summed E-state index contributed by atoms with van der Waals surface area (Å²) in [5, 5.41) is 2.80. The fourth-order valence-electron chi connectivity index (χ4n) is 3.79. The number of nitrogens with one attached hydrogen (secondary N) is 1. The molecule has 0 aliphatic carbocycles. The maximum absolute atomic E-state index is 13.5. The molecular formula is C25H35N3O4S. The maximum atomic E-state index is 13.5. The summed E-state index contributed by atoms with van der Waals surface area (Å²) in [6.45, 7) is 7.80. The van der Waals surface area contributed by atoms with Crippen molar-refractivity contribution < 1.29 is 18.0 Å². The molecule has 0 heterocycles. The van der Waals surface area contributed by atoms with E-state index in [2.05, 4.69) is 5.32 Å². The van der Waals surface area contributed by atoms with E-state index in [0.717, 1.165) is 27.3 Å². The van der Waals surface area contributed by atoms with E-state index in [1.165, 1.54) is 4.90 Å². The zero-order valence-electron chi connectivity index (χ0n) is 20.2. The summed E-state index contributed by atoms with van der Waals surface area (Å²) in [4.78, 5) is 27.8. The molecule has 1 N–H and O–H groups in total. The topological polar surface area (TPSA) is 86.8 Å². The number of sulfonamides is 1. The first-order chi connectivity index (χ1) is 15.6. The monoisotopic (exact) mass is 473 g/mol. The van der Waals surface area contributed by atoms with E-state index in [1.54, 1.807) is 12.1 Å². The van der Waals surface area contributed by atoms with Gasteiger partial charge in [-0.25, -0.2) is 8.42 Å². The fourth-order valence-corrected chi connectivity index (χ4v) is 4.69. The molecule has 2 amide bonds. The van der Waals surface area contributed by atoms with Crippen LogP contribution in [0.5, 0.6) is 0 Å². The van der Waals surface area contributed by atoms with Crippen molar-refractivity contribution in [1.29, 1.82) is 0 Å². The minimum atomic E-state index is -3.73. The fraction of sp³-hybridized carbons (Fsp3) is 0.440. The van der Waals surface area contributed by atoms with Gasteiger partial charge in [0.1, 0.15) is 12.6 Å². The maximum Gasteiger partial charge on any atom is 0.244 e. The number of nitrogens with zero attached hydrogens (tertiary/aromatic N) is 2. The average molecular weight is 474 g/mol. The Morgan fingerprint density at radius 2 is 1.67 bits per heavy atom. The summed E-state index contributed by atoms with van der Waals surface area (Å²) in [6.07, 6.45) is 2.08. The van der Waals surface area contributed by atoms with Crippen molar-refractivity contribution in [2.45, 2.75) is 46.6 Å². The highest BCUT2D eigenvalue weighted by molar-refractivity contribution is 7.92. The molecule has 0 aliphatic rings. The van der Waals surface area contributed by atoms with Gasteiger partial charge in [0, 0.05) is 13.1 Å². The van der Waals surface area contributed by atoms with E-state index in [-0.39, 0.29) is 12.5 Å². The summed E-state index contributed by atoms with van der Waals surface area (Å²) < 4.78 is 26.5. The second-order valence-electron chi connectivity index (χ2n) is 8.13. The van der Waals surface area contributed by atoms with Gasteiger partial charge in [0.25, 0.3) is 0 Å². The molecule has 1 atom stereocenters. The van der Waals surface area contributed by atoms with E-state index in [1.807, 2.05) is 64.1 Å². The summed E-state index contributed by atoms with van der Waals surface area (Å²) in [5.41, 5.74) is 3.24. The van der Waals surface area contributed by atoms with Crippen molar-refractivity contribution in [3.05, 3.63) is 65.2 Å². The molecule has 2 rings (SSSR count). The van der Waals surface area contributed by atoms with Gasteiger partial charge in [-0.3, -0.25) is 13.9 Å². The molecule has 0 bridgehead atoms. The number of hydrogen-bond donors (Lipinski definition) is 1. The highest BCUT2D eigenvalue weighted by Gasteiger charge is 2.31. The van der Waals surface area contributed by atoms with Crippen molar-refractivity contribution >= 4 is 27.5 Å². The van der Waals surface area contributed by atoms with Crippen LogP contribution in [0.3, 0.4) is 0 Å². The Balaban J connectivity index is 2.39. The number of likely N-dealkylation sites (N-methyl/N-ethyl adjacent to an activating group) is 1. The Morgan fingerprint density at radius 1 is 1.00 bits per heavy atom. The van der Waals surface area contributed by atoms with Crippen LogP contribution in [0.25, 0.3) is 0 Å². The van der Waals surface area contributed by atoms with Gasteiger partial charge in [-0.05, 0) is 56.4 Å². The summed E-state index contributed by atoms with van der Waals surface area (Å²) >= 11 is 0. The molecule has 0 radical (unpaired) electrons. The van der Waals surface area contributed by atoms with Crippen molar-refractivity contribution in [3.8, 4) is 0 Å². The number of aryl methyl sites for hydroxylation is 1.